The number of benzene rings is 3. The van der Waals surface area contributed by atoms with Gasteiger partial charge in [-0.15, -0.1) is 0 Å². The maximum absolute atomic E-state index is 13.7. The number of carbonyl (C=O) groups is 1. The van der Waals surface area contributed by atoms with Gasteiger partial charge in [-0.1, -0.05) is 41.9 Å². The molecular weight excluding hydrogens is 439 g/mol. The van der Waals surface area contributed by atoms with Gasteiger partial charge in [0.25, 0.3) is 5.69 Å². The van der Waals surface area contributed by atoms with Gasteiger partial charge in [-0.05, 0) is 42.0 Å². The summed E-state index contributed by atoms with van der Waals surface area (Å²) >= 11 is 5.81. The molecule has 9 heteroatoms. The van der Waals surface area contributed by atoms with E-state index in [4.69, 9.17) is 21.1 Å². The molecule has 3 aromatic rings. The zero-order valence-corrected chi connectivity index (χ0v) is 17.1. The molecule has 0 saturated heterocycles. The van der Waals surface area contributed by atoms with E-state index in [9.17, 15) is 19.3 Å². The molecule has 0 aromatic heterocycles. The lowest BCUT2D eigenvalue weighted by atomic mass is 10.2. The van der Waals surface area contributed by atoms with Crippen molar-refractivity contribution in [1.82, 2.24) is 0 Å². The maximum Gasteiger partial charge on any atom is 0.363 e. The molecule has 1 aliphatic rings. The summed E-state index contributed by atoms with van der Waals surface area (Å²) in [6, 6.07) is 17.1. The van der Waals surface area contributed by atoms with Gasteiger partial charge in [0, 0.05) is 17.2 Å². The van der Waals surface area contributed by atoms with E-state index in [2.05, 4.69) is 4.99 Å². The highest BCUT2D eigenvalue weighted by molar-refractivity contribution is 6.32. The summed E-state index contributed by atoms with van der Waals surface area (Å²) in [5, 5.41) is 11.0. The second kappa shape index (κ2) is 8.99. The molecule has 3 aromatic carbocycles. The van der Waals surface area contributed by atoms with Crippen LogP contribution in [-0.4, -0.2) is 16.8 Å². The molecule has 0 fully saturated rings. The van der Waals surface area contributed by atoms with Crippen LogP contribution in [0.1, 0.15) is 16.7 Å². The first-order valence-electron chi connectivity index (χ1n) is 9.34. The second-order valence-electron chi connectivity index (χ2n) is 6.71. The number of nitrogens with zero attached hydrogens (tertiary/aromatic N) is 2. The molecule has 0 atom stereocenters. The molecule has 1 heterocycles. The van der Waals surface area contributed by atoms with Crippen LogP contribution < -0.4 is 4.74 Å². The molecule has 0 spiro atoms. The zero-order valence-electron chi connectivity index (χ0n) is 16.3. The Balaban J connectivity index is 1.49. The van der Waals surface area contributed by atoms with Crippen molar-refractivity contribution in [2.45, 2.75) is 6.61 Å². The van der Waals surface area contributed by atoms with Gasteiger partial charge in [0.1, 0.15) is 23.2 Å². The average Bonchev–Trinajstić information content (AvgIpc) is 3.14. The van der Waals surface area contributed by atoms with Crippen LogP contribution >= 0.6 is 11.6 Å². The highest BCUT2D eigenvalue weighted by atomic mass is 35.5. The van der Waals surface area contributed by atoms with Crippen LogP contribution in [0.5, 0.6) is 5.75 Å². The van der Waals surface area contributed by atoms with Crippen molar-refractivity contribution in [1.29, 1.82) is 0 Å². The van der Waals surface area contributed by atoms with Crippen LogP contribution in [0.25, 0.3) is 6.08 Å². The fraction of sp³-hybridized carbons (Fsp3) is 0.0435. The van der Waals surface area contributed by atoms with Crippen molar-refractivity contribution in [3.63, 3.8) is 0 Å². The van der Waals surface area contributed by atoms with Gasteiger partial charge in [-0.3, -0.25) is 10.1 Å². The Kier molecular flexibility index (Phi) is 5.96. The first-order valence-corrected chi connectivity index (χ1v) is 9.71. The molecule has 0 unspecified atom stereocenters. The normalized spacial score (nSPS) is 14.2. The summed E-state index contributed by atoms with van der Waals surface area (Å²) in [4.78, 5) is 26.8. The standard InChI is InChI=1S/C23H14ClFN2O5/c24-18-10-7-15(12-21(18)27(29)30)22-26-20(23(28)32-22)11-14-5-8-17(9-6-14)31-13-16-3-1-2-4-19(16)25/h1-12H,13H2/b20-11-. The third-order valence-electron chi connectivity index (χ3n) is 4.55. The van der Waals surface area contributed by atoms with Gasteiger partial charge in [0.2, 0.25) is 5.90 Å². The number of nitro benzene ring substituents is 1. The van der Waals surface area contributed by atoms with Crippen molar-refractivity contribution in [3.8, 4) is 5.75 Å². The van der Waals surface area contributed by atoms with E-state index < -0.39 is 10.9 Å². The molecule has 0 amide bonds. The van der Waals surface area contributed by atoms with Crippen molar-refractivity contribution in [2.24, 2.45) is 4.99 Å². The van der Waals surface area contributed by atoms with Crippen molar-refractivity contribution in [2.75, 3.05) is 0 Å². The van der Waals surface area contributed by atoms with E-state index in [1.807, 2.05) is 0 Å². The van der Waals surface area contributed by atoms with Gasteiger partial charge < -0.3 is 9.47 Å². The fourth-order valence-corrected chi connectivity index (χ4v) is 3.10. The Morgan fingerprint density at radius 2 is 1.88 bits per heavy atom. The minimum atomic E-state index is -0.683. The summed E-state index contributed by atoms with van der Waals surface area (Å²) < 4.78 is 24.4. The number of rotatable bonds is 6. The predicted molar refractivity (Wildman–Crippen MR) is 116 cm³/mol. The van der Waals surface area contributed by atoms with E-state index in [0.29, 0.717) is 16.9 Å². The van der Waals surface area contributed by atoms with E-state index in [1.165, 1.54) is 30.3 Å². The van der Waals surface area contributed by atoms with Crippen molar-refractivity contribution < 1.29 is 23.6 Å². The third kappa shape index (κ3) is 4.65. The van der Waals surface area contributed by atoms with E-state index in [1.54, 1.807) is 42.5 Å². The number of carbonyl (C=O) groups excluding carboxylic acids is 1. The van der Waals surface area contributed by atoms with Crippen LogP contribution in [0.3, 0.4) is 0 Å². The zero-order chi connectivity index (χ0) is 22.7. The molecule has 0 saturated carbocycles. The number of nitro groups is 1. The van der Waals surface area contributed by atoms with Crippen LogP contribution in [-0.2, 0) is 16.1 Å². The largest absolute Gasteiger partial charge is 0.489 e. The Hall–Kier alpha value is -4.04. The lowest BCUT2D eigenvalue weighted by Crippen LogP contribution is -2.06. The molecule has 32 heavy (non-hydrogen) atoms. The van der Waals surface area contributed by atoms with E-state index >= 15 is 0 Å². The lowest BCUT2D eigenvalue weighted by molar-refractivity contribution is -0.384. The Bertz CT molecular complexity index is 1270. The smallest absolute Gasteiger partial charge is 0.363 e. The van der Waals surface area contributed by atoms with E-state index in [0.717, 1.165) is 0 Å². The molecule has 160 valence electrons. The first-order chi connectivity index (χ1) is 15.4. The van der Waals surface area contributed by atoms with Crippen LogP contribution in [0.4, 0.5) is 10.1 Å². The SMILES string of the molecule is O=C1OC(c2ccc(Cl)c([N+](=O)[O-])c2)=N/C1=C\c1ccc(OCc2ccccc2F)cc1. The number of ether oxygens (including phenoxy) is 2. The molecule has 7 nitrogen and oxygen atoms in total. The first kappa shape index (κ1) is 21.2. The maximum atomic E-state index is 13.7. The predicted octanol–water partition coefficient (Wildman–Crippen LogP) is 5.31. The molecule has 0 aliphatic carbocycles. The highest BCUT2D eigenvalue weighted by Gasteiger charge is 2.26. The third-order valence-corrected chi connectivity index (χ3v) is 4.87. The minimum Gasteiger partial charge on any atom is -0.489 e. The Labute approximate surface area is 186 Å². The van der Waals surface area contributed by atoms with Gasteiger partial charge in [0.05, 0.1) is 4.92 Å². The number of esters is 1. The average molecular weight is 453 g/mol. The van der Waals surface area contributed by atoms with Crippen LogP contribution in [0, 0.1) is 15.9 Å². The monoisotopic (exact) mass is 452 g/mol. The minimum absolute atomic E-state index is 0.0308. The number of cyclic esters (lactones) is 1. The number of hydrogen-bond acceptors (Lipinski definition) is 6. The molecular formula is C23H14ClFN2O5. The summed E-state index contributed by atoms with van der Waals surface area (Å²) in [5.41, 5.74) is 1.08. The molecule has 4 rings (SSSR count). The van der Waals surface area contributed by atoms with Crippen molar-refractivity contribution in [3.05, 3.63) is 110 Å². The van der Waals surface area contributed by atoms with Gasteiger partial charge in [-0.25, -0.2) is 14.2 Å². The molecule has 0 bridgehead atoms. The summed E-state index contributed by atoms with van der Waals surface area (Å²) in [6.45, 7) is 0.0836. The van der Waals surface area contributed by atoms with Crippen LogP contribution in [0.15, 0.2) is 77.4 Å². The number of hydrogen-bond donors (Lipinski definition) is 0. The van der Waals surface area contributed by atoms with Gasteiger partial charge in [-0.2, -0.15) is 0 Å². The highest BCUT2D eigenvalue weighted by Crippen LogP contribution is 2.28. The summed E-state index contributed by atoms with van der Waals surface area (Å²) in [6.07, 6.45) is 1.51. The summed E-state index contributed by atoms with van der Waals surface area (Å²) in [7, 11) is 0. The topological polar surface area (TPSA) is 91.0 Å². The van der Waals surface area contributed by atoms with Crippen molar-refractivity contribution >= 4 is 35.2 Å². The molecule has 0 N–H and O–H groups in total. The number of halogens is 2. The van der Waals surface area contributed by atoms with Crippen LogP contribution in [0.2, 0.25) is 5.02 Å². The Morgan fingerprint density at radius 1 is 1.12 bits per heavy atom. The fourth-order valence-electron chi connectivity index (χ4n) is 2.91. The van der Waals surface area contributed by atoms with Gasteiger partial charge >= 0.3 is 5.97 Å². The molecule has 1 aliphatic heterocycles. The lowest BCUT2D eigenvalue weighted by Gasteiger charge is -2.07. The summed E-state index contributed by atoms with van der Waals surface area (Å²) in [5.74, 6) is -0.543. The molecule has 0 radical (unpaired) electrons. The second-order valence-corrected chi connectivity index (χ2v) is 7.12. The number of aliphatic imine (C=N–C) groups is 1. The quantitative estimate of drug-likeness (QED) is 0.219. The Morgan fingerprint density at radius 3 is 2.59 bits per heavy atom. The van der Waals surface area contributed by atoms with E-state index in [-0.39, 0.29) is 40.3 Å². The van der Waals surface area contributed by atoms with Gasteiger partial charge in [0.15, 0.2) is 5.70 Å².